The van der Waals surface area contributed by atoms with E-state index in [1.54, 1.807) is 10.9 Å². The summed E-state index contributed by atoms with van der Waals surface area (Å²) in [4.78, 5) is 14.2. The van der Waals surface area contributed by atoms with E-state index < -0.39 is 34.4 Å². The fraction of sp³-hybridized carbons (Fsp3) is 0.417. The summed E-state index contributed by atoms with van der Waals surface area (Å²) in [5.74, 6) is 0. The largest absolute Gasteiger partial charge is 0.445 e. The van der Waals surface area contributed by atoms with Crippen LogP contribution in [0.5, 0.6) is 0 Å². The van der Waals surface area contributed by atoms with Crippen LogP contribution in [0.25, 0.3) is 10.9 Å². The summed E-state index contributed by atoms with van der Waals surface area (Å²) in [6.45, 7) is 1.41. The second kappa shape index (κ2) is 9.07. The van der Waals surface area contributed by atoms with Gasteiger partial charge in [0.15, 0.2) is 0 Å². The molecule has 2 fully saturated rings. The van der Waals surface area contributed by atoms with Crippen LogP contribution in [-0.2, 0) is 21.4 Å². The molecule has 1 aliphatic carbocycles. The van der Waals surface area contributed by atoms with Crippen LogP contribution in [-0.4, -0.2) is 54.0 Å². The maximum Gasteiger partial charge on any atom is 0.410 e. The van der Waals surface area contributed by atoms with Crippen LogP contribution < -0.4 is 4.72 Å². The number of hydrogen-bond donors (Lipinski definition) is 1. The molecule has 0 spiro atoms. The first-order chi connectivity index (χ1) is 16.7. The predicted molar refractivity (Wildman–Crippen MR) is 129 cm³/mol. The molecular formula is C24H26ClFN4O4S. The van der Waals surface area contributed by atoms with Crippen molar-refractivity contribution in [3.63, 3.8) is 0 Å². The second-order valence-corrected chi connectivity index (χ2v) is 11.6. The molecule has 2 aromatic carbocycles. The molecule has 1 aromatic heterocycles. The highest BCUT2D eigenvalue weighted by atomic mass is 35.5. The molecule has 3 aromatic rings. The number of rotatable bonds is 7. The lowest BCUT2D eigenvalue weighted by atomic mass is 10.2. The third-order valence-electron chi connectivity index (χ3n) is 6.69. The molecule has 1 saturated carbocycles. The second-order valence-electron chi connectivity index (χ2n) is 9.48. The van der Waals surface area contributed by atoms with Gasteiger partial charge in [0.2, 0.25) is 10.0 Å². The van der Waals surface area contributed by atoms with Gasteiger partial charge in [-0.1, -0.05) is 41.9 Å². The molecule has 35 heavy (non-hydrogen) atoms. The van der Waals surface area contributed by atoms with E-state index in [0.29, 0.717) is 17.3 Å². The Bertz CT molecular complexity index is 1360. The van der Waals surface area contributed by atoms with E-state index in [2.05, 4.69) is 9.82 Å². The number of carbonyl (C=O) groups excluding carboxylic acids is 1. The molecule has 2 heterocycles. The van der Waals surface area contributed by atoms with Gasteiger partial charge in [0.25, 0.3) is 0 Å². The number of benzene rings is 2. The van der Waals surface area contributed by atoms with Gasteiger partial charge in [0.05, 0.1) is 33.7 Å². The molecule has 0 radical (unpaired) electrons. The van der Waals surface area contributed by atoms with Crippen LogP contribution in [0, 0.1) is 0 Å². The van der Waals surface area contributed by atoms with Gasteiger partial charge in [-0.2, -0.15) is 5.10 Å². The Morgan fingerprint density at radius 1 is 1.29 bits per heavy atom. The van der Waals surface area contributed by atoms with Crippen molar-refractivity contribution in [2.45, 2.75) is 55.3 Å². The van der Waals surface area contributed by atoms with Crippen molar-refractivity contribution >= 4 is 38.6 Å². The van der Waals surface area contributed by atoms with Crippen LogP contribution in [0.4, 0.5) is 9.18 Å². The predicted octanol–water partition coefficient (Wildman–Crippen LogP) is 4.44. The summed E-state index contributed by atoms with van der Waals surface area (Å²) < 4.78 is 49.5. The lowest BCUT2D eigenvalue weighted by Gasteiger charge is -2.21. The molecule has 1 amide bonds. The molecule has 1 saturated heterocycles. The molecule has 186 valence electrons. The number of nitrogens with one attached hydrogen (secondary N) is 1. The van der Waals surface area contributed by atoms with Gasteiger partial charge in [0, 0.05) is 17.5 Å². The minimum absolute atomic E-state index is 0.0454. The average Bonchev–Trinajstić information content (AvgIpc) is 3.23. The Kier molecular flexibility index (Phi) is 6.23. The molecular weight excluding hydrogens is 495 g/mol. The minimum Gasteiger partial charge on any atom is -0.445 e. The van der Waals surface area contributed by atoms with E-state index in [4.69, 9.17) is 16.3 Å². The third-order valence-corrected chi connectivity index (χ3v) is 8.62. The van der Waals surface area contributed by atoms with Crippen LogP contribution in [0.2, 0.25) is 5.02 Å². The van der Waals surface area contributed by atoms with E-state index in [0.717, 1.165) is 18.4 Å². The molecule has 0 bridgehead atoms. The first kappa shape index (κ1) is 24.0. The number of ether oxygens (including phenoxy) is 1. The maximum atomic E-state index is 13.9. The first-order valence-corrected chi connectivity index (χ1v) is 13.3. The lowest BCUT2D eigenvalue weighted by molar-refractivity contribution is 0.0871. The molecule has 5 rings (SSSR count). The highest BCUT2D eigenvalue weighted by molar-refractivity contribution is 7.89. The van der Waals surface area contributed by atoms with Crippen LogP contribution in [0.1, 0.15) is 37.8 Å². The van der Waals surface area contributed by atoms with Gasteiger partial charge < -0.3 is 9.64 Å². The Morgan fingerprint density at radius 2 is 2.03 bits per heavy atom. The van der Waals surface area contributed by atoms with Crippen LogP contribution in [0.3, 0.4) is 0 Å². The fourth-order valence-electron chi connectivity index (χ4n) is 4.44. The zero-order valence-corrected chi connectivity index (χ0v) is 20.7. The fourth-order valence-corrected chi connectivity index (χ4v) is 6.28. The SMILES string of the molecule is CC1(NS(=O)(=O)c2cc(Cl)c3cnn([C@H]4C[C@@H](CF)N(C(=O)OCc5ccccc5)C4)c3c2)CC1. The number of sulfonamides is 1. The van der Waals surface area contributed by atoms with E-state index in [1.807, 2.05) is 37.3 Å². The molecule has 2 aliphatic rings. The number of carbonyl (C=O) groups is 1. The van der Waals surface area contributed by atoms with Crippen molar-refractivity contribution in [1.29, 1.82) is 0 Å². The molecule has 0 unspecified atom stereocenters. The van der Waals surface area contributed by atoms with Gasteiger partial charge in [0.1, 0.15) is 13.3 Å². The van der Waals surface area contributed by atoms with Crippen molar-refractivity contribution in [2.24, 2.45) is 0 Å². The summed E-state index contributed by atoms with van der Waals surface area (Å²) in [6.07, 6.45) is 2.84. The standard InChI is InChI=1S/C24H26ClFN4O4S/c1-24(7-8-24)28-35(32,33)19-10-21(25)20-13-27-30(22(20)11-19)18-9-17(12-26)29(14-18)23(31)34-15-16-5-3-2-4-6-16/h2-6,10-11,13,17-18,28H,7-9,12,14-15H2,1H3/t17-,18-/m0/s1. The lowest BCUT2D eigenvalue weighted by Crippen LogP contribution is -2.37. The maximum absolute atomic E-state index is 13.9. The Morgan fingerprint density at radius 3 is 2.71 bits per heavy atom. The molecule has 11 heteroatoms. The molecule has 1 aliphatic heterocycles. The van der Waals surface area contributed by atoms with Crippen molar-refractivity contribution in [3.8, 4) is 0 Å². The number of hydrogen-bond acceptors (Lipinski definition) is 5. The van der Waals surface area contributed by atoms with Gasteiger partial charge in [-0.15, -0.1) is 0 Å². The number of fused-ring (bicyclic) bond motifs is 1. The molecule has 8 nitrogen and oxygen atoms in total. The normalized spacial score (nSPS) is 21.4. The zero-order valence-electron chi connectivity index (χ0n) is 19.2. The number of halogens is 2. The number of aromatic nitrogens is 2. The van der Waals surface area contributed by atoms with Crippen LogP contribution in [0.15, 0.2) is 53.6 Å². The van der Waals surface area contributed by atoms with Crippen LogP contribution >= 0.6 is 11.6 Å². The van der Waals surface area contributed by atoms with Crippen molar-refractivity contribution in [1.82, 2.24) is 19.4 Å². The van der Waals surface area contributed by atoms with Gasteiger partial charge in [-0.05, 0) is 43.9 Å². The summed E-state index contributed by atoms with van der Waals surface area (Å²) in [5.41, 5.74) is 0.922. The van der Waals surface area contributed by atoms with E-state index in [-0.39, 0.29) is 29.1 Å². The Hall–Kier alpha value is -2.69. The monoisotopic (exact) mass is 520 g/mol. The van der Waals surface area contributed by atoms with E-state index >= 15 is 0 Å². The highest BCUT2D eigenvalue weighted by Crippen LogP contribution is 2.38. The van der Waals surface area contributed by atoms with E-state index in [1.165, 1.54) is 17.0 Å². The third kappa shape index (κ3) is 4.87. The van der Waals surface area contributed by atoms with Crippen molar-refractivity contribution in [3.05, 3.63) is 59.2 Å². The van der Waals surface area contributed by atoms with Crippen molar-refractivity contribution in [2.75, 3.05) is 13.2 Å². The highest BCUT2D eigenvalue weighted by Gasteiger charge is 2.42. The Labute approximate surface area is 208 Å². The smallest absolute Gasteiger partial charge is 0.410 e. The summed E-state index contributed by atoms with van der Waals surface area (Å²) in [6, 6.07) is 11.2. The van der Waals surface area contributed by atoms with Gasteiger partial charge in [-0.25, -0.2) is 22.3 Å². The zero-order chi connectivity index (χ0) is 24.8. The number of alkyl halides is 1. The Balaban J connectivity index is 1.38. The summed E-state index contributed by atoms with van der Waals surface area (Å²) in [5, 5.41) is 5.27. The van der Waals surface area contributed by atoms with Gasteiger partial charge in [-0.3, -0.25) is 4.68 Å². The van der Waals surface area contributed by atoms with E-state index in [9.17, 15) is 17.6 Å². The molecule has 2 atom stereocenters. The number of nitrogens with zero attached hydrogens (tertiary/aromatic N) is 3. The van der Waals surface area contributed by atoms with Gasteiger partial charge >= 0.3 is 6.09 Å². The first-order valence-electron chi connectivity index (χ1n) is 11.4. The summed E-state index contributed by atoms with van der Waals surface area (Å²) in [7, 11) is -3.78. The van der Waals surface area contributed by atoms with Crippen molar-refractivity contribution < 1.29 is 22.3 Å². The average molecular weight is 521 g/mol. The quantitative estimate of drug-likeness (QED) is 0.497. The topological polar surface area (TPSA) is 93.5 Å². The summed E-state index contributed by atoms with van der Waals surface area (Å²) >= 11 is 6.42. The number of likely N-dealkylation sites (tertiary alicyclic amines) is 1. The minimum atomic E-state index is -3.78. The number of amides is 1. The molecule has 1 N–H and O–H groups in total.